The van der Waals surface area contributed by atoms with E-state index in [2.05, 4.69) is 57.4 Å². The highest BCUT2D eigenvalue weighted by Crippen LogP contribution is 2.29. The Bertz CT molecular complexity index is 871. The van der Waals surface area contributed by atoms with E-state index >= 15 is 0 Å². The molecule has 122 valence electrons. The third-order valence-electron chi connectivity index (χ3n) is 3.56. The summed E-state index contributed by atoms with van der Waals surface area (Å²) in [6.45, 7) is 4.03. The molecule has 1 aromatic heterocycles. The average molecular weight is 401 g/mol. The zero-order chi connectivity index (χ0) is 17.1. The minimum absolute atomic E-state index is 0.0369. The Morgan fingerprint density at radius 1 is 1.17 bits per heavy atom. The van der Waals surface area contributed by atoms with Crippen molar-refractivity contribution in [2.75, 3.05) is 5.32 Å². The molecule has 0 aliphatic heterocycles. The molecular formula is C19H17BrN2OS. The molecule has 0 saturated heterocycles. The van der Waals surface area contributed by atoms with Gasteiger partial charge in [-0.05, 0) is 32.0 Å². The number of thiazole rings is 1. The van der Waals surface area contributed by atoms with E-state index in [0.29, 0.717) is 6.42 Å². The summed E-state index contributed by atoms with van der Waals surface area (Å²) in [5.74, 6) is -0.0369. The van der Waals surface area contributed by atoms with Crippen LogP contribution in [0.25, 0.3) is 11.3 Å². The normalized spacial score (nSPS) is 10.6. The molecule has 0 unspecified atom stereocenters. The molecule has 0 bridgehead atoms. The first-order chi connectivity index (χ1) is 11.5. The number of carbonyl (C=O) groups is 1. The number of benzene rings is 2. The Morgan fingerprint density at radius 3 is 2.62 bits per heavy atom. The Balaban J connectivity index is 1.80. The van der Waals surface area contributed by atoms with E-state index in [-0.39, 0.29) is 5.91 Å². The van der Waals surface area contributed by atoms with Crippen LogP contribution in [0.4, 0.5) is 5.69 Å². The number of carbonyl (C=O) groups excluding carboxylic acids is 1. The number of aryl methyl sites for hydroxylation is 2. The minimum Gasteiger partial charge on any atom is -0.326 e. The van der Waals surface area contributed by atoms with Crippen molar-refractivity contribution in [3.05, 3.63) is 68.5 Å². The van der Waals surface area contributed by atoms with Crippen molar-refractivity contribution in [3.63, 3.8) is 0 Å². The fraction of sp³-hybridized carbons (Fsp3) is 0.158. The number of hydrogen-bond donors (Lipinski definition) is 1. The quantitative estimate of drug-likeness (QED) is 0.639. The molecule has 1 N–H and O–H groups in total. The lowest BCUT2D eigenvalue weighted by atomic mass is 10.1. The standard InChI is InChI=1S/C19H17BrN2OS/c1-12-6-8-14(9-7-12)19-17(24-13(2)21-19)11-18(23)22-16-5-3-4-15(20)10-16/h3-10H,11H2,1-2H3,(H,22,23). The van der Waals surface area contributed by atoms with Gasteiger partial charge in [0.25, 0.3) is 0 Å². The highest BCUT2D eigenvalue weighted by atomic mass is 79.9. The highest BCUT2D eigenvalue weighted by molar-refractivity contribution is 9.10. The highest BCUT2D eigenvalue weighted by Gasteiger charge is 2.15. The van der Waals surface area contributed by atoms with Crippen LogP contribution in [0.3, 0.4) is 0 Å². The molecule has 0 aliphatic rings. The van der Waals surface area contributed by atoms with Crippen molar-refractivity contribution in [3.8, 4) is 11.3 Å². The third kappa shape index (κ3) is 4.10. The van der Waals surface area contributed by atoms with Gasteiger partial charge in [0, 0.05) is 20.6 Å². The number of nitrogens with zero attached hydrogens (tertiary/aromatic N) is 1. The van der Waals surface area contributed by atoms with Crippen molar-refractivity contribution in [2.24, 2.45) is 0 Å². The van der Waals surface area contributed by atoms with E-state index in [1.165, 1.54) is 5.56 Å². The van der Waals surface area contributed by atoms with Crippen molar-refractivity contribution in [2.45, 2.75) is 20.3 Å². The van der Waals surface area contributed by atoms with Crippen LogP contribution < -0.4 is 5.32 Å². The van der Waals surface area contributed by atoms with Crippen LogP contribution in [0.2, 0.25) is 0 Å². The summed E-state index contributed by atoms with van der Waals surface area (Å²) in [6, 6.07) is 15.8. The monoisotopic (exact) mass is 400 g/mol. The zero-order valence-corrected chi connectivity index (χ0v) is 15.9. The molecule has 0 atom stereocenters. The first kappa shape index (κ1) is 16.9. The number of halogens is 1. The van der Waals surface area contributed by atoms with E-state index in [0.717, 1.165) is 31.3 Å². The van der Waals surface area contributed by atoms with E-state index in [9.17, 15) is 4.79 Å². The number of anilines is 1. The predicted molar refractivity (Wildman–Crippen MR) is 103 cm³/mol. The number of rotatable bonds is 4. The molecule has 0 radical (unpaired) electrons. The van der Waals surface area contributed by atoms with Gasteiger partial charge in [0.1, 0.15) is 0 Å². The Labute approximate surface area is 153 Å². The van der Waals surface area contributed by atoms with Crippen molar-refractivity contribution in [1.29, 1.82) is 0 Å². The fourth-order valence-corrected chi connectivity index (χ4v) is 3.80. The van der Waals surface area contributed by atoms with Gasteiger partial charge in [-0.2, -0.15) is 0 Å². The maximum Gasteiger partial charge on any atom is 0.229 e. The van der Waals surface area contributed by atoms with E-state index in [4.69, 9.17) is 0 Å². The van der Waals surface area contributed by atoms with Gasteiger partial charge in [-0.25, -0.2) is 4.98 Å². The van der Waals surface area contributed by atoms with Crippen LogP contribution in [-0.4, -0.2) is 10.9 Å². The second-order valence-corrected chi connectivity index (χ2v) is 7.81. The number of nitrogens with one attached hydrogen (secondary N) is 1. The summed E-state index contributed by atoms with van der Waals surface area (Å²) in [7, 11) is 0. The lowest BCUT2D eigenvalue weighted by Gasteiger charge is -2.06. The molecule has 3 nitrogen and oxygen atoms in total. The molecule has 3 rings (SSSR count). The first-order valence-electron chi connectivity index (χ1n) is 7.60. The molecule has 2 aromatic carbocycles. The Kier molecular flexibility index (Phi) is 5.11. The fourth-order valence-electron chi connectivity index (χ4n) is 2.44. The van der Waals surface area contributed by atoms with Crippen LogP contribution in [0.15, 0.2) is 53.0 Å². The molecular weight excluding hydrogens is 384 g/mol. The van der Waals surface area contributed by atoms with Gasteiger partial charge in [-0.1, -0.05) is 51.8 Å². The number of aromatic nitrogens is 1. The van der Waals surface area contributed by atoms with Gasteiger partial charge in [-0.3, -0.25) is 4.79 Å². The van der Waals surface area contributed by atoms with Gasteiger partial charge in [-0.15, -0.1) is 11.3 Å². The minimum atomic E-state index is -0.0369. The number of amides is 1. The molecule has 1 amide bonds. The smallest absolute Gasteiger partial charge is 0.229 e. The molecule has 3 aromatic rings. The predicted octanol–water partition coefficient (Wildman–Crippen LogP) is 5.37. The van der Waals surface area contributed by atoms with Crippen LogP contribution in [-0.2, 0) is 11.2 Å². The maximum atomic E-state index is 12.4. The summed E-state index contributed by atoms with van der Waals surface area (Å²) in [5.41, 5.74) is 3.95. The van der Waals surface area contributed by atoms with Crippen LogP contribution >= 0.6 is 27.3 Å². The SMILES string of the molecule is Cc1ccc(-c2nc(C)sc2CC(=O)Nc2cccc(Br)c2)cc1. The molecule has 5 heteroatoms. The van der Waals surface area contributed by atoms with Gasteiger partial charge in [0.15, 0.2) is 0 Å². The molecule has 24 heavy (non-hydrogen) atoms. The van der Waals surface area contributed by atoms with Gasteiger partial charge < -0.3 is 5.32 Å². The lowest BCUT2D eigenvalue weighted by Crippen LogP contribution is -2.14. The second kappa shape index (κ2) is 7.28. The zero-order valence-electron chi connectivity index (χ0n) is 13.5. The number of hydrogen-bond acceptors (Lipinski definition) is 3. The molecule has 1 heterocycles. The van der Waals surface area contributed by atoms with Crippen LogP contribution in [0, 0.1) is 13.8 Å². The second-order valence-electron chi connectivity index (χ2n) is 5.61. The van der Waals surface area contributed by atoms with Crippen LogP contribution in [0.1, 0.15) is 15.4 Å². The topological polar surface area (TPSA) is 42.0 Å². The average Bonchev–Trinajstić information content (AvgIpc) is 2.88. The summed E-state index contributed by atoms with van der Waals surface area (Å²) in [4.78, 5) is 18.0. The first-order valence-corrected chi connectivity index (χ1v) is 9.21. The van der Waals surface area contributed by atoms with E-state index in [1.807, 2.05) is 31.2 Å². The molecule has 0 fully saturated rings. The molecule has 0 aliphatic carbocycles. The largest absolute Gasteiger partial charge is 0.326 e. The third-order valence-corrected chi connectivity index (χ3v) is 5.02. The Morgan fingerprint density at radius 2 is 1.92 bits per heavy atom. The summed E-state index contributed by atoms with van der Waals surface area (Å²) in [6.07, 6.45) is 0.321. The van der Waals surface area contributed by atoms with E-state index < -0.39 is 0 Å². The summed E-state index contributed by atoms with van der Waals surface area (Å²) in [5, 5.41) is 3.91. The molecule has 0 saturated carbocycles. The van der Waals surface area contributed by atoms with E-state index in [1.54, 1.807) is 11.3 Å². The lowest BCUT2D eigenvalue weighted by molar-refractivity contribution is -0.115. The van der Waals surface area contributed by atoms with Crippen molar-refractivity contribution in [1.82, 2.24) is 4.98 Å². The Hall–Kier alpha value is -1.98. The van der Waals surface area contributed by atoms with Crippen molar-refractivity contribution >= 4 is 38.9 Å². The van der Waals surface area contributed by atoms with Crippen molar-refractivity contribution < 1.29 is 4.79 Å². The van der Waals surface area contributed by atoms with Gasteiger partial charge in [0.2, 0.25) is 5.91 Å². The maximum absolute atomic E-state index is 12.4. The van der Waals surface area contributed by atoms with Gasteiger partial charge in [0.05, 0.1) is 17.1 Å². The van der Waals surface area contributed by atoms with Gasteiger partial charge >= 0.3 is 0 Å². The molecule has 0 spiro atoms. The van der Waals surface area contributed by atoms with Crippen LogP contribution in [0.5, 0.6) is 0 Å². The summed E-state index contributed by atoms with van der Waals surface area (Å²) < 4.78 is 0.939. The summed E-state index contributed by atoms with van der Waals surface area (Å²) >= 11 is 4.99.